The Balaban J connectivity index is 0.00000261. The van der Waals surface area contributed by atoms with Gasteiger partial charge in [0.1, 0.15) is 12.4 Å². The van der Waals surface area contributed by atoms with Crippen LogP contribution in [0.3, 0.4) is 0 Å². The molecule has 0 aliphatic carbocycles. The summed E-state index contributed by atoms with van der Waals surface area (Å²) in [6.45, 7) is 3.30. The molecule has 1 N–H and O–H groups in total. The quantitative estimate of drug-likeness (QED) is 0.774. The molecule has 0 spiro atoms. The summed E-state index contributed by atoms with van der Waals surface area (Å²) in [4.78, 5) is 14.7. The normalized spacial score (nSPS) is 14.5. The third kappa shape index (κ3) is 6.26. The number of para-hydroxylation sites is 1. The highest BCUT2D eigenvalue weighted by atomic mass is 35.5. The lowest BCUT2D eigenvalue weighted by atomic mass is 9.93. The molecular formula is C22H29ClN2O2. The number of nitrogens with zero attached hydrogens (tertiary/aromatic N) is 1. The Hall–Kier alpha value is -2.04. The van der Waals surface area contributed by atoms with E-state index in [4.69, 9.17) is 4.74 Å². The summed E-state index contributed by atoms with van der Waals surface area (Å²) in [6, 6.07) is 17.6. The van der Waals surface area contributed by atoms with Crippen LogP contribution in [0.25, 0.3) is 0 Å². The maximum Gasteiger partial charge on any atom is 0.253 e. The number of nitrogens with one attached hydrogen (secondary N) is 1. The molecule has 1 heterocycles. The van der Waals surface area contributed by atoms with E-state index in [9.17, 15) is 4.79 Å². The maximum atomic E-state index is 12.7. The van der Waals surface area contributed by atoms with Gasteiger partial charge in [0.15, 0.2) is 0 Å². The zero-order chi connectivity index (χ0) is 18.2. The first-order chi connectivity index (χ1) is 12.8. The van der Waals surface area contributed by atoms with E-state index in [0.717, 1.165) is 55.3 Å². The molecule has 1 fully saturated rings. The van der Waals surface area contributed by atoms with Gasteiger partial charge in [-0.1, -0.05) is 30.3 Å². The average Bonchev–Trinajstić information content (AvgIpc) is 2.72. The molecular weight excluding hydrogens is 360 g/mol. The van der Waals surface area contributed by atoms with Crippen molar-refractivity contribution in [3.05, 3.63) is 65.7 Å². The Bertz CT molecular complexity index is 683. The summed E-state index contributed by atoms with van der Waals surface area (Å²) < 4.78 is 5.75. The van der Waals surface area contributed by atoms with E-state index in [1.54, 1.807) is 0 Å². The third-order valence-corrected chi connectivity index (χ3v) is 5.05. The van der Waals surface area contributed by atoms with Gasteiger partial charge in [-0.2, -0.15) is 0 Å². The van der Waals surface area contributed by atoms with Crippen LogP contribution >= 0.6 is 12.4 Å². The lowest BCUT2D eigenvalue weighted by Gasteiger charge is -2.32. The molecule has 5 heteroatoms. The van der Waals surface area contributed by atoms with Gasteiger partial charge in [-0.05, 0) is 68.6 Å². The second kappa shape index (κ2) is 11.0. The average molecular weight is 389 g/mol. The zero-order valence-corrected chi connectivity index (χ0v) is 16.7. The van der Waals surface area contributed by atoms with Crippen LogP contribution in [0.1, 0.15) is 35.2 Å². The Morgan fingerprint density at radius 2 is 1.74 bits per heavy atom. The minimum absolute atomic E-state index is 0. The number of rotatable bonds is 7. The second-order valence-electron chi connectivity index (χ2n) is 6.93. The van der Waals surface area contributed by atoms with E-state index in [2.05, 4.69) is 5.32 Å². The number of piperidine rings is 1. The van der Waals surface area contributed by atoms with Crippen molar-refractivity contribution in [3.8, 4) is 5.75 Å². The monoisotopic (exact) mass is 388 g/mol. The molecule has 0 bridgehead atoms. The number of ether oxygens (including phenoxy) is 1. The van der Waals surface area contributed by atoms with Gasteiger partial charge >= 0.3 is 0 Å². The number of benzene rings is 2. The zero-order valence-electron chi connectivity index (χ0n) is 15.9. The highest BCUT2D eigenvalue weighted by molar-refractivity contribution is 5.94. The minimum Gasteiger partial charge on any atom is -0.489 e. The third-order valence-electron chi connectivity index (χ3n) is 5.05. The Labute approximate surface area is 168 Å². The summed E-state index contributed by atoms with van der Waals surface area (Å²) in [5, 5.41) is 3.21. The number of likely N-dealkylation sites (tertiary alicyclic amines) is 1. The predicted octanol–water partition coefficient (Wildman–Crippen LogP) is 4.15. The van der Waals surface area contributed by atoms with Crippen molar-refractivity contribution >= 4 is 18.3 Å². The Morgan fingerprint density at radius 3 is 2.37 bits per heavy atom. The predicted molar refractivity (Wildman–Crippen MR) is 112 cm³/mol. The molecule has 0 saturated carbocycles. The van der Waals surface area contributed by atoms with Crippen LogP contribution in [0.2, 0.25) is 0 Å². The molecule has 1 aliphatic heterocycles. The van der Waals surface area contributed by atoms with Crippen LogP contribution in [0.15, 0.2) is 54.6 Å². The Morgan fingerprint density at radius 1 is 1.07 bits per heavy atom. The molecule has 1 aliphatic rings. The lowest BCUT2D eigenvalue weighted by molar-refractivity contribution is 0.0687. The minimum atomic E-state index is 0. The SMILES string of the molecule is CNCCC1CCN(C(=O)c2ccc(COc3ccccc3)cc2)CC1.Cl. The number of carbonyl (C=O) groups excluding carboxylic acids is 1. The van der Waals surface area contributed by atoms with Crippen LogP contribution < -0.4 is 10.1 Å². The summed E-state index contributed by atoms with van der Waals surface area (Å²) in [6.07, 6.45) is 3.42. The van der Waals surface area contributed by atoms with Gasteiger partial charge in [0, 0.05) is 18.7 Å². The van der Waals surface area contributed by atoms with E-state index in [1.165, 1.54) is 6.42 Å². The van der Waals surface area contributed by atoms with E-state index in [1.807, 2.05) is 66.5 Å². The number of hydrogen-bond donors (Lipinski definition) is 1. The molecule has 0 aromatic heterocycles. The molecule has 0 unspecified atom stereocenters. The van der Waals surface area contributed by atoms with Gasteiger partial charge in [0.05, 0.1) is 0 Å². The summed E-state index contributed by atoms with van der Waals surface area (Å²) in [7, 11) is 1.99. The first-order valence-electron chi connectivity index (χ1n) is 9.47. The first-order valence-corrected chi connectivity index (χ1v) is 9.47. The number of amides is 1. The van der Waals surface area contributed by atoms with Gasteiger partial charge in [0.25, 0.3) is 5.91 Å². The lowest BCUT2D eigenvalue weighted by Crippen LogP contribution is -2.38. The second-order valence-corrected chi connectivity index (χ2v) is 6.93. The fraction of sp³-hybridized carbons (Fsp3) is 0.409. The van der Waals surface area contributed by atoms with E-state index < -0.39 is 0 Å². The fourth-order valence-corrected chi connectivity index (χ4v) is 3.38. The Kier molecular flexibility index (Phi) is 8.62. The van der Waals surface area contributed by atoms with Gasteiger partial charge < -0.3 is 15.0 Å². The van der Waals surface area contributed by atoms with Gasteiger partial charge in [-0.15, -0.1) is 12.4 Å². The number of halogens is 1. The van der Waals surface area contributed by atoms with Gasteiger partial charge in [0.2, 0.25) is 0 Å². The van der Waals surface area contributed by atoms with Crippen LogP contribution in [-0.2, 0) is 6.61 Å². The van der Waals surface area contributed by atoms with Gasteiger partial charge in [-0.25, -0.2) is 0 Å². The van der Waals surface area contributed by atoms with Crippen LogP contribution in [-0.4, -0.2) is 37.5 Å². The molecule has 146 valence electrons. The molecule has 0 atom stereocenters. The fourth-order valence-electron chi connectivity index (χ4n) is 3.38. The van der Waals surface area contributed by atoms with Crippen molar-refractivity contribution in [2.45, 2.75) is 25.9 Å². The molecule has 3 rings (SSSR count). The molecule has 2 aromatic rings. The number of carbonyl (C=O) groups is 1. The molecule has 1 saturated heterocycles. The van der Waals surface area contributed by atoms with Gasteiger partial charge in [-0.3, -0.25) is 4.79 Å². The standard InChI is InChI=1S/C22H28N2O2.ClH/c1-23-14-11-18-12-15-24(16-13-18)22(25)20-9-7-19(8-10-20)17-26-21-5-3-2-4-6-21;/h2-10,18,23H,11-17H2,1H3;1H. The largest absolute Gasteiger partial charge is 0.489 e. The molecule has 0 radical (unpaired) electrons. The summed E-state index contributed by atoms with van der Waals surface area (Å²) in [5.74, 6) is 1.74. The van der Waals surface area contributed by atoms with Crippen molar-refractivity contribution in [2.24, 2.45) is 5.92 Å². The van der Waals surface area contributed by atoms with Crippen LogP contribution in [0, 0.1) is 5.92 Å². The van der Waals surface area contributed by atoms with Crippen molar-refractivity contribution < 1.29 is 9.53 Å². The molecule has 2 aromatic carbocycles. The van der Waals surface area contributed by atoms with E-state index >= 15 is 0 Å². The van der Waals surface area contributed by atoms with Crippen molar-refractivity contribution in [3.63, 3.8) is 0 Å². The summed E-state index contributed by atoms with van der Waals surface area (Å²) in [5.41, 5.74) is 1.83. The van der Waals surface area contributed by atoms with Crippen molar-refractivity contribution in [1.29, 1.82) is 0 Å². The summed E-state index contributed by atoms with van der Waals surface area (Å²) >= 11 is 0. The highest BCUT2D eigenvalue weighted by Gasteiger charge is 2.23. The highest BCUT2D eigenvalue weighted by Crippen LogP contribution is 2.21. The van der Waals surface area contributed by atoms with Crippen LogP contribution in [0.4, 0.5) is 0 Å². The molecule has 1 amide bonds. The molecule has 27 heavy (non-hydrogen) atoms. The van der Waals surface area contributed by atoms with E-state index in [-0.39, 0.29) is 18.3 Å². The van der Waals surface area contributed by atoms with Crippen molar-refractivity contribution in [1.82, 2.24) is 10.2 Å². The smallest absolute Gasteiger partial charge is 0.253 e. The van der Waals surface area contributed by atoms with Crippen LogP contribution in [0.5, 0.6) is 5.75 Å². The van der Waals surface area contributed by atoms with Crippen molar-refractivity contribution in [2.75, 3.05) is 26.7 Å². The topological polar surface area (TPSA) is 41.6 Å². The number of hydrogen-bond acceptors (Lipinski definition) is 3. The first kappa shape index (κ1) is 21.3. The molecule has 4 nitrogen and oxygen atoms in total. The maximum absolute atomic E-state index is 12.7. The van der Waals surface area contributed by atoms with E-state index in [0.29, 0.717) is 6.61 Å².